The standard InChI is InChI=1S/C88H120N22O21S/c1-9-10-20-69-88(130)107(6)67(28-30-131-8)81(123)101-60(31-47(2)3)79(121)105-66(78(120)95-41-73(91)115)44-132-45-75(117)99-63(32-49-22-24-53(111)25-23-49)84(126)106(5)48(4)76(118)104-65(37-72(90)114)87(129)109-29-15-21-68(109)82(124)103-62(35-52-40-92-46-97-52)80(122)100-59(26-27-71(89)113)86(128)110-43-54(112)36-70(110)83(125)102-61(33-50-38-93-57-18-13-11-16-55(50)57)77(119)96-42-74(116)98-64(85(127)108(69)7)34-51-39-94-58-19-14-12-17-56(51)58/h11-14,16-19,22-25,38-40,46-48,54,59-70,93-94,111-112H,9-10,15,20-21,26-37,41-45H2,1-8H3,(H2,89,113)(H2,90,114)(H2,91,115)(H,92,97)(H,95,120)(H,96,119)(H,98,116)(H,99,117)(H,100,122)(H,101,123)(H,102,125)(H,103,124)(H,104,118)(H,105,121)/t48-,54+,59-,60-,61-,62-,63-,64-,65+,66-,67-,68-,69-,70-/m0/s1. The molecule has 44 heteroatoms. The quantitative estimate of drug-likeness (QED) is 0.0280. The van der Waals surface area contributed by atoms with E-state index < -0.39 is 254 Å². The summed E-state index contributed by atoms with van der Waals surface area (Å²) >= 11 is 0.780. The lowest BCUT2D eigenvalue weighted by Crippen LogP contribution is -2.60. The van der Waals surface area contributed by atoms with Crippen LogP contribution in [0, 0.1) is 5.92 Å². The minimum absolute atomic E-state index is 0.0133. The van der Waals surface area contributed by atoms with E-state index in [1.165, 1.54) is 72.0 Å². The number of nitrogens with zero attached hydrogens (tertiary/aromatic N) is 6. The number of aliphatic hydroxyl groups is 1. The van der Waals surface area contributed by atoms with E-state index in [2.05, 4.69) is 73.1 Å². The molecule has 3 aliphatic heterocycles. The summed E-state index contributed by atoms with van der Waals surface area (Å²) in [6.07, 6.45) is 1.75. The van der Waals surface area contributed by atoms with Crippen molar-refractivity contribution in [3.63, 3.8) is 0 Å². The molecule has 3 aromatic carbocycles. The van der Waals surface area contributed by atoms with Gasteiger partial charge in [0.2, 0.25) is 106 Å². The maximum absolute atomic E-state index is 15.6. The summed E-state index contributed by atoms with van der Waals surface area (Å²) < 4.78 is 5.45. The second-order valence-corrected chi connectivity index (χ2v) is 34.7. The molecule has 6 aromatic rings. The lowest BCUT2D eigenvalue weighted by Gasteiger charge is -2.36. The van der Waals surface area contributed by atoms with Crippen molar-refractivity contribution in [2.45, 2.75) is 209 Å². The van der Waals surface area contributed by atoms with Gasteiger partial charge in [-0.15, -0.1) is 11.8 Å². The average molecular weight is 1850 g/mol. The van der Waals surface area contributed by atoms with E-state index in [1.807, 2.05) is 6.92 Å². The fraction of sp³-hybridized carbons (Fsp3) is 0.511. The van der Waals surface area contributed by atoms with Crippen LogP contribution in [-0.2, 0) is 117 Å². The molecular weight excluding hydrogens is 1730 g/mol. The highest BCUT2D eigenvalue weighted by molar-refractivity contribution is 8.00. The molecule has 0 radical (unpaired) electrons. The number of likely N-dealkylation sites (N-methyl/N-ethyl adjacent to an activating group) is 3. The molecule has 6 heterocycles. The Hall–Kier alpha value is -13.5. The summed E-state index contributed by atoms with van der Waals surface area (Å²) in [6, 6.07) is -0.476. The molecule has 714 valence electrons. The van der Waals surface area contributed by atoms with Crippen molar-refractivity contribution >= 4 is 140 Å². The number of phenolic OH excluding ortho intramolecular Hbond substituents is 1. The number of para-hydroxylation sites is 2. The Kier molecular flexibility index (Phi) is 37.5. The van der Waals surface area contributed by atoms with Crippen molar-refractivity contribution in [3.05, 3.63) is 120 Å². The molecule has 18 amide bonds. The van der Waals surface area contributed by atoms with Crippen LogP contribution in [0.1, 0.15) is 121 Å². The van der Waals surface area contributed by atoms with Gasteiger partial charge in [0.25, 0.3) is 0 Å². The molecule has 21 N–H and O–H groups in total. The number of aromatic hydroxyl groups is 1. The summed E-state index contributed by atoms with van der Waals surface area (Å²) in [7, 11) is 5.26. The maximum atomic E-state index is 15.6. The lowest BCUT2D eigenvalue weighted by molar-refractivity contribution is -0.149. The number of aromatic amines is 3. The zero-order chi connectivity index (χ0) is 96.3. The number of methoxy groups -OCH3 is 1. The molecule has 0 bridgehead atoms. The van der Waals surface area contributed by atoms with Gasteiger partial charge in [-0.05, 0) is 85.9 Å². The third-order valence-electron chi connectivity index (χ3n) is 23.4. The van der Waals surface area contributed by atoms with Gasteiger partial charge in [0.05, 0.1) is 43.4 Å². The summed E-state index contributed by atoms with van der Waals surface area (Å²) in [4.78, 5) is 279. The lowest BCUT2D eigenvalue weighted by atomic mass is 10.00. The van der Waals surface area contributed by atoms with Crippen LogP contribution in [0.5, 0.6) is 5.75 Å². The predicted octanol–water partition coefficient (Wildman–Crippen LogP) is -3.44. The highest BCUT2D eigenvalue weighted by Gasteiger charge is 2.46. The normalized spacial score (nSPS) is 24.5. The van der Waals surface area contributed by atoms with Crippen LogP contribution in [0.15, 0.2) is 97.7 Å². The first-order valence-corrected chi connectivity index (χ1v) is 44.8. The van der Waals surface area contributed by atoms with Gasteiger partial charge < -0.3 is 125 Å². The summed E-state index contributed by atoms with van der Waals surface area (Å²) in [5.41, 5.74) is 19.7. The predicted molar refractivity (Wildman–Crippen MR) is 480 cm³/mol. The SMILES string of the molecule is CCCC[C@H]1C(=O)N(C)[C@@H](CCOC)C(=O)N[C@@H](CC(C)C)C(=O)N[C@H](C(=O)NCC(N)=O)CSCC(=O)N[C@@H](Cc2ccc(O)cc2)C(=O)N(C)[C@@H](C)C(=O)N[C@H](CC(N)=O)C(=O)N2CCC[C@H]2C(=O)N[C@@H](Cc2c[nH]cn2)C(=O)N[C@@H](CCC(N)=O)C(=O)N2C[C@H](O)C[C@H]2C(=O)N[C@@H](Cc2c[nH]c3ccccc23)C(=O)NCC(=O)N[C@@H](Cc2c[nH]c3ccccc23)C(=O)N1C. The number of fused-ring (bicyclic) bond motifs is 4. The van der Waals surface area contributed by atoms with Crippen molar-refractivity contribution in [1.82, 2.24) is 97.6 Å². The number of benzene rings is 3. The zero-order valence-corrected chi connectivity index (χ0v) is 75.7. The number of phenols is 1. The number of aliphatic hydroxyl groups excluding tert-OH is 1. The van der Waals surface area contributed by atoms with Gasteiger partial charge in [0, 0.05) is 139 Å². The van der Waals surface area contributed by atoms with Gasteiger partial charge in [-0.3, -0.25) is 86.3 Å². The van der Waals surface area contributed by atoms with Crippen molar-refractivity contribution in [2.24, 2.45) is 23.1 Å². The van der Waals surface area contributed by atoms with E-state index in [9.17, 15) is 67.7 Å². The third-order valence-corrected chi connectivity index (χ3v) is 24.4. The van der Waals surface area contributed by atoms with E-state index in [-0.39, 0.29) is 81.9 Å². The zero-order valence-electron chi connectivity index (χ0n) is 74.9. The van der Waals surface area contributed by atoms with Gasteiger partial charge in [-0.25, -0.2) is 4.98 Å². The number of H-pyrrole nitrogens is 3. The number of thioether (sulfide) groups is 1. The Bertz CT molecular complexity index is 5140. The van der Waals surface area contributed by atoms with Gasteiger partial charge in [0.15, 0.2) is 0 Å². The molecule has 9 rings (SSSR count). The first-order chi connectivity index (χ1) is 62.8. The second-order valence-electron chi connectivity index (χ2n) is 33.7. The van der Waals surface area contributed by atoms with Crippen LogP contribution in [0.2, 0.25) is 0 Å². The van der Waals surface area contributed by atoms with Crippen molar-refractivity contribution in [1.29, 1.82) is 0 Å². The molecule has 132 heavy (non-hydrogen) atoms. The van der Waals surface area contributed by atoms with Crippen LogP contribution in [-0.4, -0.2) is 318 Å². The number of imidazole rings is 1. The number of carbonyl (C=O) groups excluding carboxylic acids is 18. The van der Waals surface area contributed by atoms with Gasteiger partial charge >= 0.3 is 0 Å². The molecule has 14 atom stereocenters. The van der Waals surface area contributed by atoms with E-state index in [4.69, 9.17) is 21.9 Å². The number of primary amides is 3. The maximum Gasteiger partial charge on any atom is 0.246 e. The van der Waals surface area contributed by atoms with Crippen molar-refractivity contribution in [2.75, 3.05) is 72.5 Å². The van der Waals surface area contributed by atoms with E-state index in [0.717, 1.165) is 36.3 Å². The first-order valence-electron chi connectivity index (χ1n) is 43.7. The van der Waals surface area contributed by atoms with Crippen LogP contribution >= 0.6 is 11.8 Å². The summed E-state index contributed by atoms with van der Waals surface area (Å²) in [6.45, 7) is 4.24. The van der Waals surface area contributed by atoms with Gasteiger partial charge in [0.1, 0.15) is 84.3 Å². The van der Waals surface area contributed by atoms with Crippen LogP contribution in [0.4, 0.5) is 0 Å². The van der Waals surface area contributed by atoms with Crippen LogP contribution in [0.3, 0.4) is 0 Å². The highest BCUT2D eigenvalue weighted by Crippen LogP contribution is 2.28. The monoisotopic (exact) mass is 1850 g/mol. The molecular formula is C88H120N22O21S. The van der Waals surface area contributed by atoms with E-state index in [1.54, 1.807) is 74.8 Å². The molecule has 0 aliphatic carbocycles. The molecule has 0 spiro atoms. The summed E-state index contributed by atoms with van der Waals surface area (Å²) in [5, 5.41) is 49.1. The second kappa shape index (κ2) is 48.4. The molecule has 43 nitrogen and oxygen atoms in total. The number of carbonyl (C=O) groups is 18. The number of aromatic nitrogens is 4. The number of ether oxygens (including phenoxy) is 1. The molecule has 3 fully saturated rings. The van der Waals surface area contributed by atoms with E-state index >= 15 is 28.8 Å². The molecule has 0 unspecified atom stereocenters. The first kappa shape index (κ1) is 102. The Morgan fingerprint density at radius 3 is 1.77 bits per heavy atom. The molecule has 0 saturated carbocycles. The van der Waals surface area contributed by atoms with Crippen molar-refractivity contribution < 1.29 is 101 Å². The molecule has 3 aliphatic rings. The van der Waals surface area contributed by atoms with Crippen molar-refractivity contribution in [3.8, 4) is 5.75 Å². The number of hydrogen-bond acceptors (Lipinski definition) is 23. The fourth-order valence-corrected chi connectivity index (χ4v) is 17.0. The van der Waals surface area contributed by atoms with Crippen LogP contribution in [0.25, 0.3) is 21.8 Å². The minimum atomic E-state index is -1.80. The van der Waals surface area contributed by atoms with Crippen LogP contribution < -0.4 is 70.4 Å². The Balaban J connectivity index is 1.08. The Morgan fingerprint density at radius 1 is 0.576 bits per heavy atom. The van der Waals surface area contributed by atoms with Gasteiger partial charge in [-0.1, -0.05) is 82.1 Å². The topological polar surface area (TPSA) is 632 Å². The number of nitrogens with one attached hydrogen (secondary N) is 13. The minimum Gasteiger partial charge on any atom is -0.508 e. The third kappa shape index (κ3) is 28.3. The molecule has 3 aromatic heterocycles. The Morgan fingerprint density at radius 2 is 1.15 bits per heavy atom. The highest BCUT2D eigenvalue weighted by atomic mass is 32.2. The average Bonchev–Trinajstić information content (AvgIpc) is 1.54. The van der Waals surface area contributed by atoms with E-state index in [0.29, 0.717) is 51.3 Å². The smallest absolute Gasteiger partial charge is 0.246 e. The summed E-state index contributed by atoms with van der Waals surface area (Å²) in [5.74, 6) is -18.4. The number of amides is 18. The number of hydrogen-bond donors (Lipinski definition) is 18. The largest absolute Gasteiger partial charge is 0.508 e. The number of nitrogens with two attached hydrogens (primary N) is 3. The van der Waals surface area contributed by atoms with Gasteiger partial charge in [-0.2, -0.15) is 0 Å². The Labute approximate surface area is 765 Å². The number of rotatable bonds is 24. The number of unbranched alkanes of at least 4 members (excludes halogenated alkanes) is 1. The fourth-order valence-electron chi connectivity index (χ4n) is 16.2. The molecule has 3 saturated heterocycles.